The topological polar surface area (TPSA) is 42.6 Å². The van der Waals surface area contributed by atoms with Crippen molar-refractivity contribution in [2.24, 2.45) is 0 Å². The van der Waals surface area contributed by atoms with Gasteiger partial charge in [0.05, 0.1) is 44.0 Å². The Morgan fingerprint density at radius 3 is 2.39 bits per heavy atom. The van der Waals surface area contributed by atoms with E-state index in [1.165, 1.54) is 17.0 Å². The summed E-state index contributed by atoms with van der Waals surface area (Å²) >= 11 is 0. The molecule has 0 unspecified atom stereocenters. The lowest BCUT2D eigenvalue weighted by molar-refractivity contribution is -0.902. The molecule has 4 rings (SSSR count). The quantitative estimate of drug-likeness (QED) is 0.754. The zero-order valence-electron chi connectivity index (χ0n) is 15.9. The fourth-order valence-corrected chi connectivity index (χ4v) is 3.61. The molecule has 2 aromatic carbocycles. The van der Waals surface area contributed by atoms with Crippen molar-refractivity contribution in [3.05, 3.63) is 72.2 Å². The molecule has 144 valence electrons. The summed E-state index contributed by atoms with van der Waals surface area (Å²) in [6, 6.07) is 15.8. The van der Waals surface area contributed by atoms with E-state index in [2.05, 4.69) is 12.0 Å². The number of piperazine rings is 1. The van der Waals surface area contributed by atoms with Crippen LogP contribution in [0.1, 0.15) is 17.3 Å². The van der Waals surface area contributed by atoms with Crippen LogP contribution in [-0.2, 0) is 0 Å². The van der Waals surface area contributed by atoms with Crippen LogP contribution < -0.4 is 4.90 Å². The van der Waals surface area contributed by atoms with Gasteiger partial charge in [0.1, 0.15) is 11.5 Å². The van der Waals surface area contributed by atoms with Crippen molar-refractivity contribution in [2.45, 2.75) is 6.92 Å². The van der Waals surface area contributed by atoms with Gasteiger partial charge in [-0.15, -0.1) is 0 Å². The van der Waals surface area contributed by atoms with E-state index in [1.54, 1.807) is 23.0 Å². The Labute approximate surface area is 164 Å². The fourth-order valence-electron chi connectivity index (χ4n) is 3.61. The van der Waals surface area contributed by atoms with Crippen LogP contribution in [0.2, 0.25) is 0 Å². The van der Waals surface area contributed by atoms with Gasteiger partial charge in [0, 0.05) is 11.8 Å². The molecule has 6 heteroatoms. The van der Waals surface area contributed by atoms with Crippen LogP contribution in [0, 0.1) is 5.82 Å². The van der Waals surface area contributed by atoms with Crippen LogP contribution >= 0.6 is 0 Å². The standard InChI is InChI=1S/C22H23FN4O/c1-2-25-12-14-26(15-13-25)22(28)20-16-27(19-6-4-3-5-7-19)24-21(20)17-8-10-18(23)11-9-17/h3-11,16H,2,12-15H2,1H3/p+1. The Bertz CT molecular complexity index is 944. The molecule has 1 N–H and O–H groups in total. The van der Waals surface area contributed by atoms with Gasteiger partial charge in [0.2, 0.25) is 0 Å². The molecule has 1 fully saturated rings. The summed E-state index contributed by atoms with van der Waals surface area (Å²) < 4.78 is 15.1. The maximum absolute atomic E-state index is 13.4. The number of quaternary nitrogens is 1. The maximum Gasteiger partial charge on any atom is 0.258 e. The fraction of sp³-hybridized carbons (Fsp3) is 0.273. The van der Waals surface area contributed by atoms with E-state index in [-0.39, 0.29) is 11.7 Å². The number of rotatable bonds is 4. The van der Waals surface area contributed by atoms with Crippen LogP contribution in [0.5, 0.6) is 0 Å². The van der Waals surface area contributed by atoms with Gasteiger partial charge < -0.3 is 9.80 Å². The van der Waals surface area contributed by atoms with Crippen molar-refractivity contribution >= 4 is 5.91 Å². The molecule has 3 aromatic rings. The monoisotopic (exact) mass is 379 g/mol. The number of nitrogens with zero attached hydrogens (tertiary/aromatic N) is 3. The second-order valence-electron chi connectivity index (χ2n) is 7.07. The van der Waals surface area contributed by atoms with E-state index in [1.807, 2.05) is 35.2 Å². The minimum atomic E-state index is -0.308. The average molecular weight is 379 g/mol. The third kappa shape index (κ3) is 3.68. The molecule has 0 bridgehead atoms. The second kappa shape index (κ2) is 7.94. The van der Waals surface area contributed by atoms with Gasteiger partial charge in [-0.3, -0.25) is 4.79 Å². The first-order chi connectivity index (χ1) is 13.7. The number of amides is 1. The number of carbonyl (C=O) groups excluding carboxylic acids is 1. The number of aromatic nitrogens is 2. The summed E-state index contributed by atoms with van der Waals surface area (Å²) in [5, 5.41) is 4.67. The third-order valence-electron chi connectivity index (χ3n) is 5.34. The maximum atomic E-state index is 13.4. The lowest BCUT2D eigenvalue weighted by Gasteiger charge is -2.31. The predicted molar refractivity (Wildman–Crippen MR) is 106 cm³/mol. The molecular formula is C22H24FN4O+. The normalized spacial score (nSPS) is 15.0. The molecule has 0 saturated carbocycles. The smallest absolute Gasteiger partial charge is 0.258 e. The first kappa shape index (κ1) is 18.4. The largest absolute Gasteiger partial charge is 0.332 e. The highest BCUT2D eigenvalue weighted by Crippen LogP contribution is 2.25. The zero-order valence-corrected chi connectivity index (χ0v) is 15.9. The molecule has 1 saturated heterocycles. The Kier molecular flexibility index (Phi) is 5.21. The molecule has 5 nitrogen and oxygen atoms in total. The highest BCUT2D eigenvalue weighted by Gasteiger charge is 2.27. The number of halogens is 1. The van der Waals surface area contributed by atoms with Crippen LogP contribution in [-0.4, -0.2) is 53.3 Å². The minimum absolute atomic E-state index is 0.0170. The van der Waals surface area contributed by atoms with Crippen molar-refractivity contribution in [1.82, 2.24) is 14.7 Å². The number of hydrogen-bond acceptors (Lipinski definition) is 2. The Hall–Kier alpha value is -2.99. The van der Waals surface area contributed by atoms with Crippen molar-refractivity contribution in [3.8, 4) is 16.9 Å². The van der Waals surface area contributed by atoms with Crippen LogP contribution in [0.15, 0.2) is 60.8 Å². The van der Waals surface area contributed by atoms with E-state index in [0.717, 1.165) is 44.0 Å². The molecular weight excluding hydrogens is 355 g/mol. The summed E-state index contributed by atoms with van der Waals surface area (Å²) in [7, 11) is 0. The molecule has 1 aromatic heterocycles. The Morgan fingerprint density at radius 1 is 1.07 bits per heavy atom. The molecule has 0 atom stereocenters. The summed E-state index contributed by atoms with van der Waals surface area (Å²) in [5.74, 6) is -0.325. The molecule has 1 aliphatic heterocycles. The highest BCUT2D eigenvalue weighted by atomic mass is 19.1. The number of nitrogens with one attached hydrogen (secondary N) is 1. The lowest BCUT2D eigenvalue weighted by Crippen LogP contribution is -3.14. The summed E-state index contributed by atoms with van der Waals surface area (Å²) in [6.07, 6.45) is 1.79. The van der Waals surface area contributed by atoms with E-state index in [9.17, 15) is 9.18 Å². The molecule has 1 aliphatic rings. The number of carbonyl (C=O) groups is 1. The van der Waals surface area contributed by atoms with Crippen LogP contribution in [0.4, 0.5) is 4.39 Å². The van der Waals surface area contributed by atoms with E-state index in [0.29, 0.717) is 11.3 Å². The first-order valence-corrected chi connectivity index (χ1v) is 9.69. The average Bonchev–Trinajstić information content (AvgIpc) is 3.20. The van der Waals surface area contributed by atoms with E-state index in [4.69, 9.17) is 0 Å². The molecule has 0 aliphatic carbocycles. The number of para-hydroxylation sites is 1. The molecule has 2 heterocycles. The number of likely N-dealkylation sites (N-methyl/N-ethyl adjacent to an activating group) is 1. The van der Waals surface area contributed by atoms with Gasteiger partial charge in [-0.1, -0.05) is 18.2 Å². The van der Waals surface area contributed by atoms with Crippen molar-refractivity contribution < 1.29 is 14.1 Å². The van der Waals surface area contributed by atoms with Gasteiger partial charge in [0.25, 0.3) is 5.91 Å². The summed E-state index contributed by atoms with van der Waals surface area (Å²) in [5.41, 5.74) is 2.75. The highest BCUT2D eigenvalue weighted by molar-refractivity contribution is 6.00. The molecule has 28 heavy (non-hydrogen) atoms. The third-order valence-corrected chi connectivity index (χ3v) is 5.34. The van der Waals surface area contributed by atoms with Crippen LogP contribution in [0.3, 0.4) is 0 Å². The van der Waals surface area contributed by atoms with Gasteiger partial charge in [0.15, 0.2) is 0 Å². The molecule has 0 spiro atoms. The summed E-state index contributed by atoms with van der Waals surface area (Å²) in [4.78, 5) is 16.7. The van der Waals surface area contributed by atoms with Gasteiger partial charge >= 0.3 is 0 Å². The van der Waals surface area contributed by atoms with Crippen LogP contribution in [0.25, 0.3) is 16.9 Å². The SMILES string of the molecule is CC[NH+]1CCN(C(=O)c2cn(-c3ccccc3)nc2-c2ccc(F)cc2)CC1. The number of hydrogen-bond donors (Lipinski definition) is 1. The minimum Gasteiger partial charge on any atom is -0.332 e. The second-order valence-corrected chi connectivity index (χ2v) is 7.07. The Morgan fingerprint density at radius 2 is 1.75 bits per heavy atom. The van der Waals surface area contributed by atoms with Crippen molar-refractivity contribution in [2.75, 3.05) is 32.7 Å². The number of benzene rings is 2. The van der Waals surface area contributed by atoms with Gasteiger partial charge in [-0.05, 0) is 43.3 Å². The van der Waals surface area contributed by atoms with Crippen molar-refractivity contribution in [3.63, 3.8) is 0 Å². The van der Waals surface area contributed by atoms with E-state index >= 15 is 0 Å². The van der Waals surface area contributed by atoms with Gasteiger partial charge in [-0.25, -0.2) is 9.07 Å². The summed E-state index contributed by atoms with van der Waals surface area (Å²) in [6.45, 7) is 6.64. The molecule has 1 amide bonds. The molecule has 0 radical (unpaired) electrons. The van der Waals surface area contributed by atoms with Crippen molar-refractivity contribution in [1.29, 1.82) is 0 Å². The van der Waals surface area contributed by atoms with E-state index < -0.39 is 0 Å². The van der Waals surface area contributed by atoms with Gasteiger partial charge in [-0.2, -0.15) is 5.10 Å². The first-order valence-electron chi connectivity index (χ1n) is 9.69. The zero-order chi connectivity index (χ0) is 19.5. The Balaban J connectivity index is 1.71. The lowest BCUT2D eigenvalue weighted by atomic mass is 10.1. The predicted octanol–water partition coefficient (Wildman–Crippen LogP) is 2.04.